The first kappa shape index (κ1) is 23.2. The standard InChI is InChI=1S/C16H28N4O6/c1-11(19(5)15(23)17-3)9-25-13(21)7-8-14(22)26-10-12(2)20(6)16(24)18-4/h7-8,11-12H,9-10H2,1-6H3,(H,17,23)(H,18,24)/b8-7+/t11-,12-/m1/s1. The summed E-state index contributed by atoms with van der Waals surface area (Å²) in [6.45, 7) is 3.39. The van der Waals surface area contributed by atoms with Gasteiger partial charge in [0.2, 0.25) is 0 Å². The molecule has 0 aliphatic heterocycles. The summed E-state index contributed by atoms with van der Waals surface area (Å²) in [7, 11) is 6.14. The summed E-state index contributed by atoms with van der Waals surface area (Å²) >= 11 is 0. The molecule has 0 aromatic heterocycles. The smallest absolute Gasteiger partial charge is 0.331 e. The van der Waals surface area contributed by atoms with Crippen molar-refractivity contribution in [3.8, 4) is 0 Å². The van der Waals surface area contributed by atoms with Gasteiger partial charge in [0.25, 0.3) is 0 Å². The zero-order valence-electron chi connectivity index (χ0n) is 16.1. The first-order valence-electron chi connectivity index (χ1n) is 8.04. The van der Waals surface area contributed by atoms with Gasteiger partial charge in [-0.05, 0) is 13.8 Å². The Morgan fingerprint density at radius 2 is 1.12 bits per heavy atom. The van der Waals surface area contributed by atoms with E-state index in [1.807, 2.05) is 0 Å². The summed E-state index contributed by atoms with van der Waals surface area (Å²) < 4.78 is 9.93. The number of carbonyl (C=O) groups excluding carboxylic acids is 4. The van der Waals surface area contributed by atoms with E-state index in [1.54, 1.807) is 27.9 Å². The minimum Gasteiger partial charge on any atom is -0.460 e. The number of hydrogen-bond donors (Lipinski definition) is 2. The van der Waals surface area contributed by atoms with Crippen molar-refractivity contribution in [2.75, 3.05) is 41.4 Å². The molecule has 0 rings (SSSR count). The van der Waals surface area contributed by atoms with Crippen LogP contribution in [0.3, 0.4) is 0 Å². The molecule has 0 aliphatic rings. The number of ether oxygens (including phenoxy) is 2. The zero-order valence-corrected chi connectivity index (χ0v) is 16.1. The van der Waals surface area contributed by atoms with Gasteiger partial charge in [-0.15, -0.1) is 0 Å². The highest BCUT2D eigenvalue weighted by Crippen LogP contribution is 1.99. The lowest BCUT2D eigenvalue weighted by atomic mass is 10.3. The second kappa shape index (κ2) is 11.7. The summed E-state index contributed by atoms with van der Waals surface area (Å²) in [5, 5.41) is 4.92. The maximum absolute atomic E-state index is 11.6. The average molecular weight is 372 g/mol. The minimum absolute atomic E-state index is 0.0178. The van der Waals surface area contributed by atoms with E-state index in [1.165, 1.54) is 23.9 Å². The van der Waals surface area contributed by atoms with Crippen molar-refractivity contribution in [1.29, 1.82) is 0 Å². The van der Waals surface area contributed by atoms with Gasteiger partial charge in [-0.1, -0.05) is 0 Å². The van der Waals surface area contributed by atoms with Crippen molar-refractivity contribution in [2.24, 2.45) is 0 Å². The Morgan fingerprint density at radius 1 is 0.808 bits per heavy atom. The van der Waals surface area contributed by atoms with Crippen molar-refractivity contribution in [3.63, 3.8) is 0 Å². The molecular formula is C16H28N4O6. The fourth-order valence-corrected chi connectivity index (χ4v) is 1.61. The Balaban J connectivity index is 4.25. The van der Waals surface area contributed by atoms with Gasteiger partial charge < -0.3 is 29.9 Å². The van der Waals surface area contributed by atoms with Gasteiger partial charge in [-0.3, -0.25) is 0 Å². The van der Waals surface area contributed by atoms with E-state index in [2.05, 4.69) is 10.6 Å². The highest BCUT2D eigenvalue weighted by Gasteiger charge is 2.17. The van der Waals surface area contributed by atoms with Crippen LogP contribution in [0.15, 0.2) is 12.2 Å². The second-order valence-corrected chi connectivity index (χ2v) is 5.62. The van der Waals surface area contributed by atoms with Crippen LogP contribution in [0.1, 0.15) is 13.8 Å². The van der Waals surface area contributed by atoms with Gasteiger partial charge in [0, 0.05) is 40.3 Å². The molecule has 0 saturated heterocycles. The van der Waals surface area contributed by atoms with Crippen LogP contribution in [0.5, 0.6) is 0 Å². The summed E-state index contributed by atoms with van der Waals surface area (Å²) in [5.74, 6) is -1.45. The second-order valence-electron chi connectivity index (χ2n) is 5.62. The highest BCUT2D eigenvalue weighted by molar-refractivity contribution is 5.91. The summed E-state index contributed by atoms with van der Waals surface area (Å²) in [4.78, 5) is 48.8. The van der Waals surface area contributed by atoms with Gasteiger partial charge in [0.05, 0.1) is 12.1 Å². The third kappa shape index (κ3) is 8.36. The summed E-state index contributed by atoms with van der Waals surface area (Å²) in [6.07, 6.45) is 1.89. The molecule has 2 N–H and O–H groups in total. The Bertz CT molecular complexity index is 491. The molecule has 4 amide bonds. The molecule has 0 aromatic rings. The number of hydrogen-bond acceptors (Lipinski definition) is 6. The summed E-state index contributed by atoms with van der Waals surface area (Å²) in [5.41, 5.74) is 0. The number of carbonyl (C=O) groups is 4. The molecule has 0 aromatic carbocycles. The summed E-state index contributed by atoms with van der Waals surface area (Å²) in [6, 6.07) is -1.27. The maximum atomic E-state index is 11.6. The molecule has 10 heteroatoms. The molecular weight excluding hydrogens is 344 g/mol. The van der Waals surface area contributed by atoms with E-state index in [9.17, 15) is 19.2 Å². The van der Waals surface area contributed by atoms with Crippen molar-refractivity contribution < 1.29 is 28.7 Å². The van der Waals surface area contributed by atoms with Crippen molar-refractivity contribution in [1.82, 2.24) is 20.4 Å². The lowest BCUT2D eigenvalue weighted by Gasteiger charge is -2.23. The molecule has 0 spiro atoms. The zero-order chi connectivity index (χ0) is 20.3. The third-order valence-corrected chi connectivity index (χ3v) is 3.68. The quantitative estimate of drug-likeness (QED) is 0.456. The van der Waals surface area contributed by atoms with Gasteiger partial charge in [-0.2, -0.15) is 0 Å². The Morgan fingerprint density at radius 3 is 1.38 bits per heavy atom. The molecule has 0 fully saturated rings. The monoisotopic (exact) mass is 372 g/mol. The Labute approximate surface area is 153 Å². The molecule has 0 radical (unpaired) electrons. The molecule has 2 atom stereocenters. The fraction of sp³-hybridized carbons (Fsp3) is 0.625. The van der Waals surface area contributed by atoms with Gasteiger partial charge in [0.15, 0.2) is 0 Å². The molecule has 0 saturated carbocycles. The number of amides is 4. The number of nitrogens with zero attached hydrogens (tertiary/aromatic N) is 2. The van der Waals surface area contributed by atoms with Crippen LogP contribution in [0.2, 0.25) is 0 Å². The van der Waals surface area contributed by atoms with E-state index in [-0.39, 0.29) is 37.4 Å². The van der Waals surface area contributed by atoms with Crippen LogP contribution in [0.4, 0.5) is 9.59 Å². The molecule has 0 unspecified atom stereocenters. The SMILES string of the molecule is CNC(=O)N(C)[C@H](C)COC(=O)/C=C/C(=O)OC[C@@H](C)N(C)C(=O)NC. The first-order chi connectivity index (χ1) is 12.1. The average Bonchev–Trinajstić information content (AvgIpc) is 2.65. The van der Waals surface area contributed by atoms with E-state index in [0.29, 0.717) is 0 Å². The molecule has 26 heavy (non-hydrogen) atoms. The molecule has 0 heterocycles. The van der Waals surface area contributed by atoms with Crippen molar-refractivity contribution in [2.45, 2.75) is 25.9 Å². The lowest BCUT2D eigenvalue weighted by molar-refractivity contribution is -0.141. The van der Waals surface area contributed by atoms with E-state index in [4.69, 9.17) is 9.47 Å². The van der Waals surface area contributed by atoms with Crippen LogP contribution < -0.4 is 10.6 Å². The molecule has 148 valence electrons. The first-order valence-corrected chi connectivity index (χ1v) is 8.04. The van der Waals surface area contributed by atoms with E-state index in [0.717, 1.165) is 12.2 Å². The Hall–Kier alpha value is -2.78. The fourth-order valence-electron chi connectivity index (χ4n) is 1.61. The number of esters is 2. The topological polar surface area (TPSA) is 117 Å². The Kier molecular flexibility index (Phi) is 10.5. The number of rotatable bonds is 8. The van der Waals surface area contributed by atoms with Crippen molar-refractivity contribution >= 4 is 24.0 Å². The third-order valence-electron chi connectivity index (χ3n) is 3.68. The van der Waals surface area contributed by atoms with E-state index < -0.39 is 11.9 Å². The van der Waals surface area contributed by atoms with Gasteiger partial charge in [-0.25, -0.2) is 19.2 Å². The number of likely N-dealkylation sites (N-methyl/N-ethyl adjacent to an activating group) is 2. The molecule has 0 aliphatic carbocycles. The largest absolute Gasteiger partial charge is 0.460 e. The van der Waals surface area contributed by atoms with Gasteiger partial charge >= 0.3 is 24.0 Å². The lowest BCUT2D eigenvalue weighted by Crippen LogP contribution is -2.43. The minimum atomic E-state index is -0.727. The maximum Gasteiger partial charge on any atom is 0.331 e. The van der Waals surface area contributed by atoms with Crippen LogP contribution in [-0.2, 0) is 19.1 Å². The van der Waals surface area contributed by atoms with E-state index >= 15 is 0 Å². The molecule has 0 bridgehead atoms. The number of urea groups is 2. The highest BCUT2D eigenvalue weighted by atomic mass is 16.5. The predicted molar refractivity (Wildman–Crippen MR) is 94.4 cm³/mol. The molecule has 10 nitrogen and oxygen atoms in total. The van der Waals surface area contributed by atoms with Crippen LogP contribution >= 0.6 is 0 Å². The van der Waals surface area contributed by atoms with Gasteiger partial charge in [0.1, 0.15) is 13.2 Å². The normalized spacial score (nSPS) is 12.7. The van der Waals surface area contributed by atoms with Crippen LogP contribution in [0, 0.1) is 0 Å². The van der Waals surface area contributed by atoms with Crippen LogP contribution in [0.25, 0.3) is 0 Å². The van der Waals surface area contributed by atoms with Crippen LogP contribution in [-0.4, -0.2) is 87.3 Å². The predicted octanol–water partition coefficient (Wildman–Crippen LogP) is -0.0516. The number of nitrogens with one attached hydrogen (secondary N) is 2. The van der Waals surface area contributed by atoms with Crippen molar-refractivity contribution in [3.05, 3.63) is 12.2 Å².